The van der Waals surface area contributed by atoms with E-state index in [0.717, 1.165) is 51.4 Å². The number of carbonyl (C=O) groups is 1. The van der Waals surface area contributed by atoms with Gasteiger partial charge >= 0.3 is 5.97 Å². The van der Waals surface area contributed by atoms with Gasteiger partial charge < -0.3 is 19.7 Å². The second-order valence-electron chi connectivity index (χ2n) is 16.0. The molecule has 5 heteroatoms. The van der Waals surface area contributed by atoms with E-state index in [1.807, 2.05) is 13.8 Å². The Kier molecular flexibility index (Phi) is 6.35. The SMILES string of the molecule is CC(=O)O[C@H]1CC[C@]2(C)[C@H]3C[C@@H](O)[C@@H]4[C@@H]([C@@]5(C)CC[C@@H](C(C)(C)O)O5)CC[C@@]4(C)[C@]3(C)CC[C@H]2C1(C)C. The zero-order chi connectivity index (χ0) is 27.4. The zero-order valence-corrected chi connectivity index (χ0v) is 25.0. The van der Waals surface area contributed by atoms with E-state index in [-0.39, 0.29) is 57.5 Å². The summed E-state index contributed by atoms with van der Waals surface area (Å²) in [6.07, 6.45) is 8.73. The fourth-order valence-electron chi connectivity index (χ4n) is 11.5. The molecule has 0 unspecified atom stereocenters. The Bertz CT molecular complexity index is 923. The Balaban J connectivity index is 1.45. The van der Waals surface area contributed by atoms with Crippen LogP contribution in [0.1, 0.15) is 120 Å². The first-order chi connectivity index (χ1) is 16.9. The van der Waals surface area contributed by atoms with Crippen LogP contribution in [0, 0.1) is 45.3 Å². The van der Waals surface area contributed by atoms with Crippen LogP contribution in [0.25, 0.3) is 0 Å². The molecule has 0 aromatic carbocycles. The van der Waals surface area contributed by atoms with E-state index < -0.39 is 5.60 Å². The van der Waals surface area contributed by atoms with Crippen LogP contribution in [0.4, 0.5) is 0 Å². The summed E-state index contributed by atoms with van der Waals surface area (Å²) in [6.45, 7) is 19.7. The molecule has 0 aromatic heterocycles. The maximum atomic E-state index is 12.0. The van der Waals surface area contributed by atoms with Crippen LogP contribution >= 0.6 is 0 Å². The molecule has 0 amide bonds. The maximum Gasteiger partial charge on any atom is 0.302 e. The average molecular weight is 519 g/mol. The molecule has 0 aromatic rings. The molecule has 4 saturated carbocycles. The van der Waals surface area contributed by atoms with Gasteiger partial charge in [-0.2, -0.15) is 0 Å². The van der Waals surface area contributed by atoms with Crippen molar-refractivity contribution in [2.24, 2.45) is 45.3 Å². The van der Waals surface area contributed by atoms with Crippen molar-refractivity contribution in [3.05, 3.63) is 0 Å². The number of aliphatic hydroxyl groups excluding tert-OH is 1. The van der Waals surface area contributed by atoms with Gasteiger partial charge in [0.15, 0.2) is 0 Å². The monoisotopic (exact) mass is 518 g/mol. The van der Waals surface area contributed by atoms with Gasteiger partial charge in [0.1, 0.15) is 6.10 Å². The van der Waals surface area contributed by atoms with Crippen LogP contribution in [0.15, 0.2) is 0 Å². The minimum absolute atomic E-state index is 0.0247. The third-order valence-electron chi connectivity index (χ3n) is 13.5. The van der Waals surface area contributed by atoms with E-state index in [4.69, 9.17) is 9.47 Å². The van der Waals surface area contributed by atoms with Crippen molar-refractivity contribution in [2.75, 3.05) is 0 Å². The summed E-state index contributed by atoms with van der Waals surface area (Å²) in [5.41, 5.74) is -0.858. The molecule has 0 radical (unpaired) electrons. The van der Waals surface area contributed by atoms with E-state index in [2.05, 4.69) is 41.5 Å². The zero-order valence-electron chi connectivity index (χ0n) is 25.0. The molecule has 1 saturated heterocycles. The van der Waals surface area contributed by atoms with Gasteiger partial charge in [-0.05, 0) is 118 Å². The Morgan fingerprint density at radius 1 is 0.892 bits per heavy atom. The maximum absolute atomic E-state index is 12.0. The van der Waals surface area contributed by atoms with Crippen molar-refractivity contribution >= 4 is 5.97 Å². The minimum atomic E-state index is -0.841. The number of ether oxygens (including phenoxy) is 2. The van der Waals surface area contributed by atoms with Gasteiger partial charge in [-0.3, -0.25) is 4.79 Å². The molecule has 5 aliphatic rings. The summed E-state index contributed by atoms with van der Waals surface area (Å²) in [5, 5.41) is 22.7. The van der Waals surface area contributed by atoms with Crippen LogP contribution in [-0.2, 0) is 14.3 Å². The molecule has 5 nitrogen and oxygen atoms in total. The number of aliphatic hydroxyl groups is 2. The number of esters is 1. The van der Waals surface area contributed by atoms with Gasteiger partial charge in [0, 0.05) is 12.3 Å². The normalized spacial score (nSPS) is 53.2. The third kappa shape index (κ3) is 3.83. The lowest BCUT2D eigenvalue weighted by molar-refractivity contribution is -0.251. The van der Waals surface area contributed by atoms with Crippen molar-refractivity contribution in [1.82, 2.24) is 0 Å². The van der Waals surface area contributed by atoms with E-state index >= 15 is 0 Å². The Hall–Kier alpha value is -0.650. The van der Waals surface area contributed by atoms with Crippen molar-refractivity contribution in [2.45, 2.75) is 150 Å². The quantitative estimate of drug-likeness (QED) is 0.430. The fourth-order valence-corrected chi connectivity index (χ4v) is 11.5. The summed E-state index contributed by atoms with van der Waals surface area (Å²) < 4.78 is 12.5. The van der Waals surface area contributed by atoms with E-state index in [0.29, 0.717) is 17.8 Å². The standard InChI is InChI=1S/C32H54O5/c1-19(33)36-24-12-14-29(6)22(27(24,2)3)11-16-30(7)23(29)18-21(34)26-20(10-15-31(26,30)8)32(9)17-13-25(37-32)28(4,5)35/h20-26,34-35H,10-18H2,1-9H3/t20-,21+,22-,23+,24-,25-,26-,29-,30+,31+,32+/m0/s1. The predicted octanol–water partition coefficient (Wildman–Crippen LogP) is 6.28. The second kappa shape index (κ2) is 8.43. The van der Waals surface area contributed by atoms with E-state index in [1.54, 1.807) is 0 Å². The first-order valence-corrected chi connectivity index (χ1v) is 15.2. The molecule has 1 aliphatic heterocycles. The lowest BCUT2D eigenvalue weighted by Gasteiger charge is -2.70. The van der Waals surface area contributed by atoms with Gasteiger partial charge in [-0.25, -0.2) is 0 Å². The van der Waals surface area contributed by atoms with Crippen LogP contribution in [0.5, 0.6) is 0 Å². The highest BCUT2D eigenvalue weighted by atomic mass is 16.5. The summed E-state index contributed by atoms with van der Waals surface area (Å²) in [4.78, 5) is 11.9. The van der Waals surface area contributed by atoms with Crippen LogP contribution in [-0.4, -0.2) is 45.7 Å². The highest BCUT2D eigenvalue weighted by Gasteiger charge is 2.72. The average Bonchev–Trinajstić information content (AvgIpc) is 3.35. The van der Waals surface area contributed by atoms with Crippen LogP contribution in [0.2, 0.25) is 0 Å². The highest BCUT2D eigenvalue weighted by Crippen LogP contribution is 2.76. The lowest BCUT2D eigenvalue weighted by Crippen LogP contribution is -2.66. The fraction of sp³-hybridized carbons (Fsp3) is 0.969. The molecule has 5 rings (SSSR count). The number of hydrogen-bond acceptors (Lipinski definition) is 5. The number of carbonyl (C=O) groups excluding carboxylic acids is 1. The summed E-state index contributed by atoms with van der Waals surface area (Å²) in [6, 6.07) is 0. The van der Waals surface area contributed by atoms with E-state index in [1.165, 1.54) is 13.3 Å². The summed E-state index contributed by atoms with van der Waals surface area (Å²) in [5.74, 6) is 1.30. The molecule has 0 spiro atoms. The predicted molar refractivity (Wildman–Crippen MR) is 145 cm³/mol. The highest BCUT2D eigenvalue weighted by molar-refractivity contribution is 5.66. The topological polar surface area (TPSA) is 76.0 Å². The second-order valence-corrected chi connectivity index (χ2v) is 16.0. The first-order valence-electron chi connectivity index (χ1n) is 15.2. The van der Waals surface area contributed by atoms with Gasteiger partial charge in [-0.15, -0.1) is 0 Å². The molecular weight excluding hydrogens is 464 g/mol. The van der Waals surface area contributed by atoms with Gasteiger partial charge in [0.05, 0.1) is 23.4 Å². The molecule has 4 aliphatic carbocycles. The van der Waals surface area contributed by atoms with Crippen molar-refractivity contribution in [3.63, 3.8) is 0 Å². The number of rotatable bonds is 3. The van der Waals surface area contributed by atoms with Crippen molar-refractivity contribution in [3.8, 4) is 0 Å². The molecule has 5 fully saturated rings. The van der Waals surface area contributed by atoms with E-state index in [9.17, 15) is 15.0 Å². The van der Waals surface area contributed by atoms with Crippen molar-refractivity contribution in [1.29, 1.82) is 0 Å². The summed E-state index contributed by atoms with van der Waals surface area (Å²) >= 11 is 0. The Morgan fingerprint density at radius 3 is 2.14 bits per heavy atom. The summed E-state index contributed by atoms with van der Waals surface area (Å²) in [7, 11) is 0. The Labute approximate surface area is 225 Å². The Morgan fingerprint density at radius 2 is 1.54 bits per heavy atom. The van der Waals surface area contributed by atoms with Gasteiger partial charge in [-0.1, -0.05) is 34.6 Å². The minimum Gasteiger partial charge on any atom is -0.462 e. The molecule has 1 heterocycles. The lowest BCUT2D eigenvalue weighted by atomic mass is 9.35. The van der Waals surface area contributed by atoms with Gasteiger partial charge in [0.2, 0.25) is 0 Å². The number of hydrogen-bond donors (Lipinski definition) is 2. The molecular formula is C32H54O5. The third-order valence-corrected chi connectivity index (χ3v) is 13.5. The van der Waals surface area contributed by atoms with Crippen LogP contribution in [0.3, 0.4) is 0 Å². The smallest absolute Gasteiger partial charge is 0.302 e. The largest absolute Gasteiger partial charge is 0.462 e. The molecule has 0 bridgehead atoms. The van der Waals surface area contributed by atoms with Crippen molar-refractivity contribution < 1.29 is 24.5 Å². The van der Waals surface area contributed by atoms with Crippen LogP contribution < -0.4 is 0 Å². The molecule has 11 atom stereocenters. The molecule has 212 valence electrons. The number of fused-ring (bicyclic) bond motifs is 5. The molecule has 37 heavy (non-hydrogen) atoms. The van der Waals surface area contributed by atoms with Gasteiger partial charge in [0.25, 0.3) is 0 Å². The first kappa shape index (κ1) is 27.9. The molecule has 2 N–H and O–H groups in total.